The number of carbonyl (C=O) groups is 3. The second kappa shape index (κ2) is 11.9. The van der Waals surface area contributed by atoms with Crippen molar-refractivity contribution in [2.45, 2.75) is 24.8 Å². The van der Waals surface area contributed by atoms with Crippen LogP contribution >= 0.6 is 34.9 Å². The van der Waals surface area contributed by atoms with E-state index in [9.17, 15) is 19.5 Å². The number of amides is 2. The van der Waals surface area contributed by atoms with Crippen molar-refractivity contribution in [2.75, 3.05) is 36.9 Å². The van der Waals surface area contributed by atoms with Gasteiger partial charge in [-0.3, -0.25) is 14.5 Å². The van der Waals surface area contributed by atoms with Crippen LogP contribution in [-0.4, -0.2) is 96.1 Å². The molecular formula is C23H27N9O5S3. The number of hydrogen-bond donors (Lipinski definition) is 4. The van der Waals surface area contributed by atoms with E-state index in [1.54, 1.807) is 29.1 Å². The minimum Gasteiger partial charge on any atom is -0.477 e. The second-order valence-corrected chi connectivity index (χ2v) is 11.9. The number of carboxylic acids is 1. The molecule has 4 aliphatic rings. The zero-order chi connectivity index (χ0) is 28.4. The lowest BCUT2D eigenvalue weighted by molar-refractivity contribution is -0.150. The van der Waals surface area contributed by atoms with Gasteiger partial charge in [-0.2, -0.15) is 5.10 Å². The van der Waals surface area contributed by atoms with Gasteiger partial charge in [0.05, 0.1) is 5.04 Å². The number of carbonyl (C=O) groups excluding carboxylic acids is 2. The molecule has 1 saturated heterocycles. The van der Waals surface area contributed by atoms with E-state index in [-0.39, 0.29) is 35.4 Å². The van der Waals surface area contributed by atoms with Crippen LogP contribution in [0.15, 0.2) is 51.2 Å². The van der Waals surface area contributed by atoms with E-state index in [0.717, 1.165) is 28.0 Å². The monoisotopic (exact) mass is 605 g/mol. The van der Waals surface area contributed by atoms with Gasteiger partial charge < -0.3 is 31.6 Å². The number of nitrogens with zero attached hydrogens (tertiary/aromatic N) is 6. The van der Waals surface area contributed by atoms with E-state index >= 15 is 0 Å². The summed E-state index contributed by atoms with van der Waals surface area (Å²) in [6.45, 7) is 2.78. The Labute approximate surface area is 241 Å². The number of anilines is 1. The molecule has 4 aliphatic heterocycles. The van der Waals surface area contributed by atoms with Crippen molar-refractivity contribution >= 4 is 68.5 Å². The van der Waals surface area contributed by atoms with Crippen molar-refractivity contribution in [2.24, 2.45) is 16.0 Å². The summed E-state index contributed by atoms with van der Waals surface area (Å²) in [5, 5.41) is 25.2. The lowest BCUT2D eigenvalue weighted by Gasteiger charge is -2.49. The zero-order valence-electron chi connectivity index (χ0n) is 21.3. The summed E-state index contributed by atoms with van der Waals surface area (Å²) in [5.41, 5.74) is 11.9. The van der Waals surface area contributed by atoms with Gasteiger partial charge in [0.2, 0.25) is 0 Å². The maximum atomic E-state index is 13.2. The number of hydrogen-bond acceptors (Lipinski definition) is 14. The van der Waals surface area contributed by atoms with Crippen LogP contribution in [0.2, 0.25) is 0 Å². The molecule has 0 spiro atoms. The lowest BCUT2D eigenvalue weighted by Crippen LogP contribution is -2.71. The molecule has 1 aromatic rings. The second-order valence-electron chi connectivity index (χ2n) is 8.71. The fourth-order valence-corrected chi connectivity index (χ4v) is 6.99. The predicted molar refractivity (Wildman–Crippen MR) is 154 cm³/mol. The van der Waals surface area contributed by atoms with Crippen molar-refractivity contribution in [3.8, 4) is 0 Å². The van der Waals surface area contributed by atoms with Crippen LogP contribution < -0.4 is 16.8 Å². The number of oxime groups is 1. The van der Waals surface area contributed by atoms with Crippen LogP contribution in [0, 0.1) is 0 Å². The first-order valence-corrected chi connectivity index (χ1v) is 15.2. The van der Waals surface area contributed by atoms with E-state index in [0.29, 0.717) is 24.3 Å². The first kappa shape index (κ1) is 28.0. The first-order valence-electron chi connectivity index (χ1n) is 12.3. The van der Waals surface area contributed by atoms with Crippen molar-refractivity contribution in [1.82, 2.24) is 25.1 Å². The van der Waals surface area contributed by atoms with Gasteiger partial charge in [-0.1, -0.05) is 5.16 Å². The van der Waals surface area contributed by atoms with Gasteiger partial charge in [0.25, 0.3) is 11.8 Å². The topological polar surface area (TPSA) is 192 Å². The number of fused-ring (bicyclic) bond motifs is 2. The molecule has 0 saturated carbocycles. The molecule has 2 amide bonds. The van der Waals surface area contributed by atoms with Crippen LogP contribution in [0.1, 0.15) is 19.0 Å². The smallest absolute Gasteiger partial charge is 0.352 e. The van der Waals surface area contributed by atoms with E-state index in [1.165, 1.54) is 16.7 Å². The standard InChI is InChI=1S/C23H27N9O5S3/c1-2-37-29-16(13-11-40-23(25)26-13)19(33)27-17-20(34)32-18(22(35)36)12(10-39-21(17)32)9-30-6-7-31-15(30)4-3-14(28-31)38-8-5-24/h4,6-7,11,17,21H,2-3,5,8-10,24H2,1H3,(H2,25,26)(H,27,33)(H,35,36)/t17-,21-/m0/s1. The molecule has 40 heavy (non-hydrogen) atoms. The summed E-state index contributed by atoms with van der Waals surface area (Å²) in [6.07, 6.45) is 6.33. The Balaban J connectivity index is 1.29. The van der Waals surface area contributed by atoms with Crippen LogP contribution in [0.3, 0.4) is 0 Å². The number of nitrogen functional groups attached to an aromatic ring is 1. The van der Waals surface area contributed by atoms with E-state index in [4.69, 9.17) is 16.3 Å². The van der Waals surface area contributed by atoms with E-state index in [1.807, 2.05) is 23.4 Å². The highest BCUT2D eigenvalue weighted by Gasteiger charge is 2.54. The van der Waals surface area contributed by atoms with Gasteiger partial charge in [-0.15, -0.1) is 34.9 Å². The lowest BCUT2D eigenvalue weighted by atomic mass is 10.0. The van der Waals surface area contributed by atoms with Crippen molar-refractivity contribution < 1.29 is 24.3 Å². The van der Waals surface area contributed by atoms with Crippen molar-refractivity contribution in [3.63, 3.8) is 0 Å². The Hall–Kier alpha value is -3.54. The Morgan fingerprint density at radius 1 is 1.38 bits per heavy atom. The normalized spacial score (nSPS) is 22.0. The minimum atomic E-state index is -1.20. The van der Waals surface area contributed by atoms with Crippen LogP contribution in [0.25, 0.3) is 0 Å². The molecule has 5 heterocycles. The van der Waals surface area contributed by atoms with Gasteiger partial charge in [-0.25, -0.2) is 14.8 Å². The van der Waals surface area contributed by atoms with Gasteiger partial charge >= 0.3 is 5.97 Å². The largest absolute Gasteiger partial charge is 0.477 e. The quantitative estimate of drug-likeness (QED) is 0.165. The highest BCUT2D eigenvalue weighted by Crippen LogP contribution is 2.41. The number of allylic oxidation sites excluding steroid dienone is 1. The molecule has 14 nitrogen and oxygen atoms in total. The fourth-order valence-electron chi connectivity index (χ4n) is 4.41. The summed E-state index contributed by atoms with van der Waals surface area (Å²) in [4.78, 5) is 50.9. The number of nitrogens with one attached hydrogen (secondary N) is 1. The number of thioether (sulfide) groups is 2. The average molecular weight is 606 g/mol. The molecule has 2 atom stereocenters. The number of carboxylic acid groups (broad SMARTS) is 1. The molecule has 1 fully saturated rings. The third-order valence-electron chi connectivity index (χ3n) is 6.14. The molecule has 5 rings (SSSR count). The highest BCUT2D eigenvalue weighted by atomic mass is 32.2. The summed E-state index contributed by atoms with van der Waals surface area (Å²) in [6, 6.07) is -0.932. The minimum absolute atomic E-state index is 0.0688. The van der Waals surface area contributed by atoms with Gasteiger partial charge in [0, 0.05) is 48.8 Å². The van der Waals surface area contributed by atoms with Crippen LogP contribution in [-0.2, 0) is 19.2 Å². The average Bonchev–Trinajstić information content (AvgIpc) is 3.55. The Morgan fingerprint density at radius 2 is 2.20 bits per heavy atom. The molecule has 0 aromatic carbocycles. The number of aliphatic carboxylic acids is 1. The fraction of sp³-hybridized carbons (Fsp3) is 0.391. The SMILES string of the molecule is CCON=C(C(=O)N[C@H]1C(=O)N2C(C(=O)O)=C(CN3C=CN4N=C(SCCN)CC=C34)CS[C@@H]12)c1csc(N)n1. The molecule has 0 unspecified atom stereocenters. The summed E-state index contributed by atoms with van der Waals surface area (Å²) >= 11 is 4.13. The maximum Gasteiger partial charge on any atom is 0.352 e. The number of aromatic nitrogens is 1. The molecule has 6 N–H and O–H groups in total. The van der Waals surface area contributed by atoms with Crippen LogP contribution in [0.4, 0.5) is 5.13 Å². The number of thiazole rings is 1. The third kappa shape index (κ3) is 5.41. The van der Waals surface area contributed by atoms with Gasteiger partial charge in [0.15, 0.2) is 10.8 Å². The Kier molecular flexibility index (Phi) is 8.34. The molecular weight excluding hydrogens is 579 g/mol. The van der Waals surface area contributed by atoms with E-state index < -0.39 is 29.2 Å². The van der Waals surface area contributed by atoms with Crippen LogP contribution in [0.5, 0.6) is 0 Å². The Bertz CT molecular complexity index is 1370. The number of nitrogens with two attached hydrogens (primary N) is 2. The van der Waals surface area contributed by atoms with Gasteiger partial charge in [0.1, 0.15) is 35.2 Å². The van der Waals surface area contributed by atoms with Crippen molar-refractivity contribution in [3.05, 3.63) is 46.6 Å². The molecule has 0 bridgehead atoms. The molecule has 212 valence electrons. The summed E-state index contributed by atoms with van der Waals surface area (Å²) in [5.74, 6) is -0.419. The molecule has 0 aliphatic carbocycles. The van der Waals surface area contributed by atoms with Crippen molar-refractivity contribution in [1.29, 1.82) is 0 Å². The molecule has 17 heteroatoms. The number of β-lactam (4-membered cyclic amide) rings is 1. The zero-order valence-corrected chi connectivity index (χ0v) is 23.8. The number of rotatable bonds is 10. The molecule has 1 aromatic heterocycles. The summed E-state index contributed by atoms with van der Waals surface area (Å²) in [7, 11) is 0. The predicted octanol–water partition coefficient (Wildman–Crippen LogP) is 0.544. The third-order valence-corrected chi connectivity index (χ3v) is 9.18. The highest BCUT2D eigenvalue weighted by molar-refractivity contribution is 8.13. The first-order chi connectivity index (χ1) is 19.3. The van der Waals surface area contributed by atoms with E-state index in [2.05, 4.69) is 20.6 Å². The number of hydrazone groups is 1. The Morgan fingerprint density at radius 3 is 2.90 bits per heavy atom. The maximum absolute atomic E-state index is 13.2. The molecule has 0 radical (unpaired) electrons. The summed E-state index contributed by atoms with van der Waals surface area (Å²) < 4.78 is 0. The van der Waals surface area contributed by atoms with Gasteiger partial charge in [-0.05, 0) is 18.6 Å².